The summed E-state index contributed by atoms with van der Waals surface area (Å²) in [5.74, 6) is -11.3. The van der Waals surface area contributed by atoms with E-state index < -0.39 is 185 Å². The Morgan fingerprint density at radius 3 is 2.03 bits per heavy atom. The van der Waals surface area contributed by atoms with Crippen LogP contribution in [-0.2, 0) is 71.6 Å². The second-order valence-electron chi connectivity index (χ2n) is 27.9. The first-order valence-corrected chi connectivity index (χ1v) is 33.0. The highest BCUT2D eigenvalue weighted by molar-refractivity contribution is 5.97. The largest absolute Gasteiger partial charge is 0.480 e. The van der Waals surface area contributed by atoms with Crippen LogP contribution >= 0.6 is 0 Å². The van der Waals surface area contributed by atoms with E-state index in [-0.39, 0.29) is 79.7 Å². The fraction of sp³-hybridized carbons (Fsp3) is 0.528. The molecule has 2 bridgehead atoms. The lowest BCUT2D eigenvalue weighted by Crippen LogP contribution is -2.78. The third-order valence-corrected chi connectivity index (χ3v) is 19.3. The summed E-state index contributed by atoms with van der Waals surface area (Å²) in [4.78, 5) is 163. The average Bonchev–Trinajstić information content (AvgIpc) is 0.671. The van der Waals surface area contributed by atoms with Crippen molar-refractivity contribution < 1.29 is 102 Å². The Hall–Kier alpha value is -9.18. The van der Waals surface area contributed by atoms with Gasteiger partial charge in [-0.1, -0.05) is 92.2 Å². The molecule has 0 radical (unpaired) electrons. The number of ether oxygens (including phenoxy) is 5. The number of amides is 6. The van der Waals surface area contributed by atoms with Crippen LogP contribution in [0.3, 0.4) is 0 Å². The van der Waals surface area contributed by atoms with Crippen LogP contribution in [0.2, 0.25) is 0 Å². The third-order valence-electron chi connectivity index (χ3n) is 19.3. The second kappa shape index (κ2) is 32.2. The number of rotatable bonds is 29. The van der Waals surface area contributed by atoms with Gasteiger partial charge < -0.3 is 81.2 Å². The van der Waals surface area contributed by atoms with Gasteiger partial charge in [-0.3, -0.25) is 33.6 Å². The number of aliphatic hydroxyl groups excluding tert-OH is 2. The zero-order chi connectivity index (χ0) is 73.1. The zero-order valence-electron chi connectivity index (χ0n) is 57.4. The Morgan fingerprint density at radius 1 is 0.788 bits per heavy atom. The molecule has 99 heavy (non-hydrogen) atoms. The number of unbranched alkanes of at least 4 members (excludes halogenated alkanes) is 1. The van der Waals surface area contributed by atoms with Crippen molar-refractivity contribution in [3.05, 3.63) is 124 Å². The topological polar surface area (TPSA) is 418 Å². The highest BCUT2D eigenvalue weighted by Gasteiger charge is 2.76. The predicted molar refractivity (Wildman–Crippen MR) is 355 cm³/mol. The second-order valence-corrected chi connectivity index (χ2v) is 27.9. The number of alkyl carbamates (subject to hydrolysis) is 1. The Bertz CT molecular complexity index is 3590. The maximum atomic E-state index is 15.4. The van der Waals surface area contributed by atoms with Gasteiger partial charge in [0.15, 0.2) is 5.78 Å². The minimum atomic E-state index is -2.46. The van der Waals surface area contributed by atoms with Crippen molar-refractivity contribution in [1.82, 2.24) is 26.6 Å². The summed E-state index contributed by atoms with van der Waals surface area (Å²) in [7, 11) is 0. The monoisotopic (exact) mass is 1380 g/mol. The standard InChI is InChI=1S/C72H92N6O21/c1-39-24-26-43(27-25-39)28-30-52(82)75-42(4)63(88)77-46(62(73)87)29-31-53(83)76-47(64(89)90)23-17-18-34-74-51(81)32-33-54(84)97-58(56(44-19-13-11-14-20-44)78-67(93)99-68(5,6)7)66(92)96-48-37-72(94)61(98-65(91)45-21-15-12-16-22-45)59-70(10,60(86)57(85)55(41(48)3)69(72,8)9)49(80)35-50-71(59,38-95-50)36-40(2)79/h11-16,19-22,24-28,30,42,46-50,56-59,61,80,85,94H,17-18,23,29,31-38H2,1-10H3,(H2,73,87)(H,74,81)(H,75,82)(H,76,83)(H,77,88)(H,78,93)(H,89,90)/b30-28+/t42-,46+,47-,48-,49-,50+,56-,57+,58+,59-,61-,70+,71+,72+/m0/s1. The number of carbonyl (C=O) groups excluding carboxylic acids is 11. The lowest BCUT2D eigenvalue weighted by Gasteiger charge is -2.68. The Morgan fingerprint density at radius 2 is 1.43 bits per heavy atom. The molecule has 11 N–H and O–H groups in total. The fourth-order valence-corrected chi connectivity index (χ4v) is 14.0. The number of Topliss-reactive ketones (excluding diaryl/α,β-unsaturated/α-hetero) is 2. The summed E-state index contributed by atoms with van der Waals surface area (Å²) >= 11 is 0. The summed E-state index contributed by atoms with van der Waals surface area (Å²) in [5.41, 5.74) is -1.26. The number of aliphatic hydroxyl groups is 3. The number of fused-ring (bicyclic) bond motifs is 5. The molecule has 27 heteroatoms. The molecule has 3 aliphatic carbocycles. The Kier molecular flexibility index (Phi) is 25.1. The molecule has 0 unspecified atom stereocenters. The molecule has 1 aliphatic heterocycles. The van der Waals surface area contributed by atoms with Crippen LogP contribution in [-0.4, -0.2) is 171 Å². The molecule has 536 valence electrons. The third kappa shape index (κ3) is 18.2. The lowest BCUT2D eigenvalue weighted by molar-refractivity contribution is -0.319. The summed E-state index contributed by atoms with van der Waals surface area (Å²) in [6.07, 6.45) is -11.1. The maximum Gasteiger partial charge on any atom is 0.408 e. The number of aliphatic carboxylic acids is 1. The molecule has 1 saturated heterocycles. The Labute approximate surface area is 574 Å². The van der Waals surface area contributed by atoms with E-state index in [1.807, 2.05) is 31.2 Å². The number of aryl methyl sites for hydroxylation is 1. The van der Waals surface area contributed by atoms with E-state index in [1.54, 1.807) is 63.2 Å². The number of hydrogen-bond acceptors (Lipinski definition) is 20. The number of nitrogens with one attached hydrogen (secondary N) is 5. The van der Waals surface area contributed by atoms with E-state index in [4.69, 9.17) is 29.4 Å². The predicted octanol–water partition coefficient (Wildman–Crippen LogP) is 4.39. The van der Waals surface area contributed by atoms with Crippen molar-refractivity contribution >= 4 is 77.1 Å². The molecule has 1 heterocycles. The van der Waals surface area contributed by atoms with Gasteiger partial charge in [-0.15, -0.1) is 0 Å². The molecule has 3 fully saturated rings. The van der Waals surface area contributed by atoms with Crippen LogP contribution in [0.1, 0.15) is 160 Å². The van der Waals surface area contributed by atoms with Gasteiger partial charge in [-0.2, -0.15) is 0 Å². The normalized spacial score (nSPS) is 25.3. The minimum absolute atomic E-state index is 0.0282. The van der Waals surface area contributed by atoms with Crippen molar-refractivity contribution in [3.8, 4) is 0 Å². The van der Waals surface area contributed by atoms with E-state index in [1.165, 1.54) is 71.9 Å². The molecule has 4 aliphatic rings. The summed E-state index contributed by atoms with van der Waals surface area (Å²) in [6.45, 7) is 15.1. The summed E-state index contributed by atoms with van der Waals surface area (Å²) < 4.78 is 30.3. The maximum absolute atomic E-state index is 15.4. The van der Waals surface area contributed by atoms with Crippen LogP contribution in [0.4, 0.5) is 4.79 Å². The van der Waals surface area contributed by atoms with E-state index >= 15 is 9.59 Å². The van der Waals surface area contributed by atoms with Crippen molar-refractivity contribution in [2.75, 3.05) is 13.2 Å². The molecule has 2 saturated carbocycles. The highest BCUT2D eigenvalue weighted by Crippen LogP contribution is 2.67. The number of carbonyl (C=O) groups is 12. The van der Waals surface area contributed by atoms with Gasteiger partial charge in [0.05, 0.1) is 36.2 Å². The Balaban J connectivity index is 1.04. The fourth-order valence-electron chi connectivity index (χ4n) is 14.0. The highest BCUT2D eigenvalue weighted by atomic mass is 16.6. The molecular formula is C72H92N6O21. The number of carboxylic acid groups (broad SMARTS) is 1. The van der Waals surface area contributed by atoms with Gasteiger partial charge in [0.2, 0.25) is 35.6 Å². The van der Waals surface area contributed by atoms with Crippen LogP contribution in [0.5, 0.6) is 0 Å². The van der Waals surface area contributed by atoms with Gasteiger partial charge in [0, 0.05) is 61.5 Å². The summed E-state index contributed by atoms with van der Waals surface area (Å²) in [6, 6.07) is 17.4. The van der Waals surface area contributed by atoms with Crippen molar-refractivity contribution in [2.24, 2.45) is 27.9 Å². The summed E-state index contributed by atoms with van der Waals surface area (Å²) in [5, 5.41) is 61.1. The van der Waals surface area contributed by atoms with Gasteiger partial charge in [-0.05, 0) is 122 Å². The first-order chi connectivity index (χ1) is 46.4. The van der Waals surface area contributed by atoms with E-state index in [2.05, 4.69) is 26.6 Å². The number of esters is 3. The minimum Gasteiger partial charge on any atom is -0.480 e. The first kappa shape index (κ1) is 77.2. The molecule has 3 aromatic carbocycles. The van der Waals surface area contributed by atoms with Crippen LogP contribution < -0.4 is 32.3 Å². The SMILES string of the molecule is CC(=O)C[C@@]12CO[C@@H]1C[C@H](O)[C@@]1(C)C(=O)[C@H](O)C3=C(C)[C@@H](OC(=O)[C@H](OC(=O)CCC(=O)NCCCC[C@H](NC(=O)CC[C@@H](NC(=O)[C@H](C)NC(=O)/C=C/c4ccc(C)cc4)C(N)=O)C(=O)O)[C@@H](NC(=O)OC(C)(C)C)c4ccccc4)C[C@@](O)([C@@H](OC(=O)c4ccccc4)[C@H]21)C3(C)C. The molecule has 7 rings (SSSR count). The van der Waals surface area contributed by atoms with Crippen LogP contribution in [0.15, 0.2) is 102 Å². The van der Waals surface area contributed by atoms with Crippen molar-refractivity contribution in [3.63, 3.8) is 0 Å². The number of primary amides is 1. The zero-order valence-corrected chi connectivity index (χ0v) is 57.4. The molecule has 0 spiro atoms. The van der Waals surface area contributed by atoms with E-state index in [9.17, 15) is 68.4 Å². The average molecular weight is 1380 g/mol. The van der Waals surface area contributed by atoms with Crippen LogP contribution in [0.25, 0.3) is 6.08 Å². The smallest absolute Gasteiger partial charge is 0.408 e. The van der Waals surface area contributed by atoms with Gasteiger partial charge >= 0.3 is 30.0 Å². The van der Waals surface area contributed by atoms with E-state index in [0.717, 1.165) is 11.1 Å². The molecule has 3 aromatic rings. The molecule has 0 aromatic heterocycles. The number of ketones is 2. The number of hydrogen-bond donors (Lipinski definition) is 10. The number of benzene rings is 3. The van der Waals surface area contributed by atoms with Crippen molar-refractivity contribution in [2.45, 2.75) is 205 Å². The van der Waals surface area contributed by atoms with Crippen molar-refractivity contribution in [1.29, 1.82) is 0 Å². The van der Waals surface area contributed by atoms with E-state index in [0.29, 0.717) is 0 Å². The lowest BCUT2D eigenvalue weighted by atomic mass is 9.41. The molecule has 27 nitrogen and oxygen atoms in total. The molecule has 14 atom stereocenters. The number of nitrogens with two attached hydrogens (primary N) is 1. The quantitative estimate of drug-likeness (QED) is 0.0151. The van der Waals surface area contributed by atoms with Crippen LogP contribution in [0, 0.1) is 29.1 Å². The number of carboxylic acids is 1. The van der Waals surface area contributed by atoms with Gasteiger partial charge in [-0.25, -0.2) is 19.2 Å². The van der Waals surface area contributed by atoms with Gasteiger partial charge in [0.25, 0.3) is 0 Å². The first-order valence-electron chi connectivity index (χ1n) is 33.0. The van der Waals surface area contributed by atoms with Gasteiger partial charge in [0.1, 0.15) is 59.5 Å². The molecule has 6 amide bonds. The molecular weight excluding hydrogens is 1280 g/mol.